The van der Waals surface area contributed by atoms with E-state index in [1.807, 2.05) is 19.9 Å². The zero-order valence-electron chi connectivity index (χ0n) is 12.4. The summed E-state index contributed by atoms with van der Waals surface area (Å²) in [6, 6.07) is 2.20. The summed E-state index contributed by atoms with van der Waals surface area (Å²) in [5, 5.41) is 11.0. The van der Waals surface area contributed by atoms with Gasteiger partial charge in [0, 0.05) is 12.6 Å². The molecule has 1 saturated heterocycles. The number of nitrogens with zero attached hydrogens (tertiary/aromatic N) is 2. The Bertz CT molecular complexity index is 496. The van der Waals surface area contributed by atoms with Gasteiger partial charge in [-0.25, -0.2) is 0 Å². The van der Waals surface area contributed by atoms with Crippen molar-refractivity contribution in [1.29, 1.82) is 0 Å². The number of rotatable bonds is 3. The van der Waals surface area contributed by atoms with Crippen LogP contribution < -0.4 is 10.6 Å². The number of aryl methyl sites for hydroxylation is 2. The van der Waals surface area contributed by atoms with Crippen molar-refractivity contribution in [3.05, 3.63) is 17.5 Å². The molecule has 1 amide bonds. The molecule has 0 spiro atoms. The lowest BCUT2D eigenvalue weighted by atomic mass is 9.79. The van der Waals surface area contributed by atoms with Gasteiger partial charge < -0.3 is 10.6 Å². The topological polar surface area (TPSA) is 59.0 Å². The average Bonchev–Trinajstić information content (AvgIpc) is 3.03. The van der Waals surface area contributed by atoms with Gasteiger partial charge in [0.15, 0.2) is 0 Å². The Labute approximate surface area is 120 Å². The van der Waals surface area contributed by atoms with Gasteiger partial charge in [-0.05, 0) is 64.1 Å². The first-order valence-electron chi connectivity index (χ1n) is 7.73. The predicted octanol–water partition coefficient (Wildman–Crippen LogP) is 1.33. The highest BCUT2D eigenvalue weighted by molar-refractivity contribution is 5.92. The molecule has 0 aromatic carbocycles. The number of amides is 1. The van der Waals surface area contributed by atoms with Gasteiger partial charge in [0.2, 0.25) is 0 Å². The standard InChI is InChI=1S/C15H24N4O/c1-3-19-14(6-10(2)18-19)15(20)17-13-5-4-11-8-16-9-12(11)7-13/h6,11-13,16H,3-5,7-9H2,1-2H3,(H,17,20)/t11-,12+,13?/m0/s1. The molecule has 3 rings (SSSR count). The van der Waals surface area contributed by atoms with Crippen LogP contribution in [0.1, 0.15) is 42.4 Å². The van der Waals surface area contributed by atoms with Crippen LogP contribution in [0.25, 0.3) is 0 Å². The zero-order valence-corrected chi connectivity index (χ0v) is 12.4. The Morgan fingerprint density at radius 3 is 3.05 bits per heavy atom. The lowest BCUT2D eigenvalue weighted by Crippen LogP contribution is -2.41. The molecule has 5 heteroatoms. The Balaban J connectivity index is 1.64. The van der Waals surface area contributed by atoms with Crippen LogP contribution in [0.15, 0.2) is 6.07 Å². The fraction of sp³-hybridized carbons (Fsp3) is 0.733. The third kappa shape index (κ3) is 2.59. The Morgan fingerprint density at radius 1 is 1.45 bits per heavy atom. The van der Waals surface area contributed by atoms with Crippen LogP contribution in [-0.4, -0.2) is 34.8 Å². The van der Waals surface area contributed by atoms with E-state index in [1.165, 1.54) is 6.42 Å². The quantitative estimate of drug-likeness (QED) is 0.875. The molecule has 2 N–H and O–H groups in total. The molecule has 0 radical (unpaired) electrons. The first-order valence-corrected chi connectivity index (χ1v) is 7.73. The summed E-state index contributed by atoms with van der Waals surface area (Å²) in [6.45, 7) is 6.95. The maximum Gasteiger partial charge on any atom is 0.269 e. The second kappa shape index (κ2) is 5.56. The molecule has 0 bridgehead atoms. The molecule has 2 fully saturated rings. The van der Waals surface area contributed by atoms with Crippen LogP contribution in [0.4, 0.5) is 0 Å². The first kappa shape index (κ1) is 13.6. The minimum atomic E-state index is 0.0295. The van der Waals surface area contributed by atoms with Crippen molar-refractivity contribution in [3.8, 4) is 0 Å². The minimum absolute atomic E-state index is 0.0295. The zero-order chi connectivity index (χ0) is 14.1. The molecule has 1 aliphatic heterocycles. The molecule has 1 aliphatic carbocycles. The molecular weight excluding hydrogens is 252 g/mol. The molecule has 20 heavy (non-hydrogen) atoms. The third-order valence-electron chi connectivity index (χ3n) is 4.72. The van der Waals surface area contributed by atoms with Gasteiger partial charge in [-0.3, -0.25) is 9.48 Å². The van der Waals surface area contributed by atoms with E-state index in [2.05, 4.69) is 15.7 Å². The predicted molar refractivity (Wildman–Crippen MR) is 77.6 cm³/mol. The van der Waals surface area contributed by atoms with Gasteiger partial charge in [0.25, 0.3) is 5.91 Å². The van der Waals surface area contributed by atoms with E-state index in [9.17, 15) is 4.79 Å². The third-order valence-corrected chi connectivity index (χ3v) is 4.72. The van der Waals surface area contributed by atoms with Crippen LogP contribution in [0, 0.1) is 18.8 Å². The number of hydrogen-bond acceptors (Lipinski definition) is 3. The molecule has 110 valence electrons. The normalized spacial score (nSPS) is 29.2. The van der Waals surface area contributed by atoms with E-state index in [0.29, 0.717) is 11.7 Å². The lowest BCUT2D eigenvalue weighted by Gasteiger charge is -2.31. The maximum absolute atomic E-state index is 12.4. The summed E-state index contributed by atoms with van der Waals surface area (Å²) < 4.78 is 1.79. The molecule has 1 unspecified atom stereocenters. The number of carbonyl (C=O) groups excluding carboxylic acids is 1. The smallest absolute Gasteiger partial charge is 0.269 e. The second-order valence-electron chi connectivity index (χ2n) is 6.15. The number of fused-ring (bicyclic) bond motifs is 1. The summed E-state index contributed by atoms with van der Waals surface area (Å²) >= 11 is 0. The molecule has 3 atom stereocenters. The summed E-state index contributed by atoms with van der Waals surface area (Å²) in [6.07, 6.45) is 3.45. The molecule has 1 saturated carbocycles. The van der Waals surface area contributed by atoms with Crippen molar-refractivity contribution < 1.29 is 4.79 Å². The van der Waals surface area contributed by atoms with E-state index in [4.69, 9.17) is 0 Å². The van der Waals surface area contributed by atoms with Gasteiger partial charge in [-0.1, -0.05) is 0 Å². The Kier molecular flexibility index (Phi) is 3.78. The number of carbonyl (C=O) groups is 1. The SMILES string of the molecule is CCn1nc(C)cc1C(=O)NC1CC[C@H]2CNC[C@H]2C1. The largest absolute Gasteiger partial charge is 0.348 e. The van der Waals surface area contributed by atoms with Gasteiger partial charge in [-0.15, -0.1) is 0 Å². The lowest BCUT2D eigenvalue weighted by molar-refractivity contribution is 0.0903. The monoisotopic (exact) mass is 276 g/mol. The molecular formula is C15H24N4O. The summed E-state index contributed by atoms with van der Waals surface area (Å²) in [5.74, 6) is 1.60. The van der Waals surface area contributed by atoms with Crippen LogP contribution in [0.3, 0.4) is 0 Å². The Hall–Kier alpha value is -1.36. The van der Waals surface area contributed by atoms with E-state index in [0.717, 1.165) is 50.0 Å². The van der Waals surface area contributed by atoms with E-state index < -0.39 is 0 Å². The van der Waals surface area contributed by atoms with E-state index in [1.54, 1.807) is 4.68 Å². The van der Waals surface area contributed by atoms with Gasteiger partial charge in [0.1, 0.15) is 5.69 Å². The van der Waals surface area contributed by atoms with Crippen molar-refractivity contribution in [2.24, 2.45) is 11.8 Å². The fourth-order valence-electron chi connectivity index (χ4n) is 3.66. The highest BCUT2D eigenvalue weighted by Crippen LogP contribution is 2.32. The summed E-state index contributed by atoms with van der Waals surface area (Å²) in [4.78, 5) is 12.4. The van der Waals surface area contributed by atoms with Gasteiger partial charge in [0.05, 0.1) is 5.69 Å². The summed E-state index contributed by atoms with van der Waals surface area (Å²) in [7, 11) is 0. The maximum atomic E-state index is 12.4. The molecule has 1 aromatic heterocycles. The van der Waals surface area contributed by atoms with Gasteiger partial charge >= 0.3 is 0 Å². The average molecular weight is 276 g/mol. The molecule has 1 aromatic rings. The van der Waals surface area contributed by atoms with Crippen LogP contribution in [0.2, 0.25) is 0 Å². The number of nitrogens with one attached hydrogen (secondary N) is 2. The molecule has 2 heterocycles. The van der Waals surface area contributed by atoms with Crippen LogP contribution >= 0.6 is 0 Å². The van der Waals surface area contributed by atoms with E-state index in [-0.39, 0.29) is 5.91 Å². The van der Waals surface area contributed by atoms with Crippen molar-refractivity contribution in [2.45, 2.75) is 45.7 Å². The highest BCUT2D eigenvalue weighted by atomic mass is 16.2. The first-order chi connectivity index (χ1) is 9.67. The molecule has 2 aliphatic rings. The Morgan fingerprint density at radius 2 is 2.25 bits per heavy atom. The van der Waals surface area contributed by atoms with Crippen LogP contribution in [-0.2, 0) is 6.54 Å². The van der Waals surface area contributed by atoms with Crippen LogP contribution in [0.5, 0.6) is 0 Å². The summed E-state index contributed by atoms with van der Waals surface area (Å²) in [5.41, 5.74) is 1.59. The number of aromatic nitrogens is 2. The molecule has 5 nitrogen and oxygen atoms in total. The van der Waals surface area contributed by atoms with Crippen molar-refractivity contribution in [3.63, 3.8) is 0 Å². The van der Waals surface area contributed by atoms with E-state index >= 15 is 0 Å². The second-order valence-corrected chi connectivity index (χ2v) is 6.15. The van der Waals surface area contributed by atoms with Crippen molar-refractivity contribution in [1.82, 2.24) is 20.4 Å². The van der Waals surface area contributed by atoms with Gasteiger partial charge in [-0.2, -0.15) is 5.10 Å². The fourth-order valence-corrected chi connectivity index (χ4v) is 3.66. The minimum Gasteiger partial charge on any atom is -0.348 e. The van der Waals surface area contributed by atoms with Crippen molar-refractivity contribution in [2.75, 3.05) is 13.1 Å². The van der Waals surface area contributed by atoms with Crippen molar-refractivity contribution >= 4 is 5.91 Å². The number of hydrogen-bond donors (Lipinski definition) is 2. The highest BCUT2D eigenvalue weighted by Gasteiger charge is 2.34.